The van der Waals surface area contributed by atoms with Crippen LogP contribution in [-0.2, 0) is 12.0 Å². The highest BCUT2D eigenvalue weighted by Gasteiger charge is 2.24. The van der Waals surface area contributed by atoms with Gasteiger partial charge in [0.15, 0.2) is 5.96 Å². The maximum absolute atomic E-state index is 4.96. The van der Waals surface area contributed by atoms with E-state index in [4.69, 9.17) is 9.52 Å². The lowest BCUT2D eigenvalue weighted by Crippen LogP contribution is -2.52. The lowest BCUT2D eigenvalue weighted by atomic mass is 9.92. The fourth-order valence-corrected chi connectivity index (χ4v) is 3.95. The third kappa shape index (κ3) is 6.18. The Bertz CT molecular complexity index is 679. The quantitative estimate of drug-likeness (QED) is 0.372. The number of hydrogen-bond acceptors (Lipinski definition) is 5. The largest absolute Gasteiger partial charge is 0.364 e. The van der Waals surface area contributed by atoms with Gasteiger partial charge in [-0.2, -0.15) is 0 Å². The molecule has 1 aliphatic rings. The van der Waals surface area contributed by atoms with Crippen molar-refractivity contribution in [2.75, 3.05) is 39.3 Å². The summed E-state index contributed by atoms with van der Waals surface area (Å²) >= 11 is 1.81. The lowest BCUT2D eigenvalue weighted by Gasteiger charge is -2.36. The molecule has 0 amide bonds. The van der Waals surface area contributed by atoms with Crippen molar-refractivity contribution in [3.8, 4) is 0 Å². The fourth-order valence-electron chi connectivity index (χ4n) is 3.11. The molecule has 2 aromatic heterocycles. The fraction of sp³-hybridized carbons (Fsp3) is 0.579. The number of nitrogens with zero attached hydrogens (tertiary/aromatic N) is 4. The second kappa shape index (κ2) is 10.4. The van der Waals surface area contributed by atoms with Crippen molar-refractivity contribution in [3.63, 3.8) is 0 Å². The molecular weight excluding hydrogens is 473 g/mol. The number of nitrogens with one attached hydrogen (secondary N) is 1. The van der Waals surface area contributed by atoms with Gasteiger partial charge < -0.3 is 14.7 Å². The van der Waals surface area contributed by atoms with Crippen LogP contribution < -0.4 is 5.32 Å². The molecule has 0 radical (unpaired) electrons. The molecule has 0 unspecified atom stereocenters. The van der Waals surface area contributed by atoms with Crippen molar-refractivity contribution >= 4 is 41.3 Å². The van der Waals surface area contributed by atoms with Crippen molar-refractivity contribution in [3.05, 3.63) is 40.4 Å². The van der Waals surface area contributed by atoms with Crippen molar-refractivity contribution in [2.45, 2.75) is 32.7 Å². The Morgan fingerprint density at radius 1 is 1.30 bits per heavy atom. The third-order valence-electron chi connectivity index (χ3n) is 4.70. The molecule has 1 fully saturated rings. The Hall–Kier alpha value is -1.13. The van der Waals surface area contributed by atoms with E-state index in [0.29, 0.717) is 0 Å². The zero-order chi connectivity index (χ0) is 18.4. The highest BCUT2D eigenvalue weighted by atomic mass is 127. The molecule has 0 aliphatic carbocycles. The number of piperazine rings is 1. The normalized spacial score (nSPS) is 16.3. The highest BCUT2D eigenvalue weighted by molar-refractivity contribution is 14.0. The molecule has 3 heterocycles. The van der Waals surface area contributed by atoms with Gasteiger partial charge in [0, 0.05) is 55.6 Å². The minimum absolute atomic E-state index is 0. The Labute approximate surface area is 183 Å². The molecule has 0 saturated carbocycles. The van der Waals surface area contributed by atoms with Gasteiger partial charge in [-0.25, -0.2) is 0 Å². The maximum Gasteiger partial charge on any atom is 0.194 e. The second-order valence-electron chi connectivity index (χ2n) is 7.29. The first-order chi connectivity index (χ1) is 12.6. The van der Waals surface area contributed by atoms with Crippen molar-refractivity contribution < 1.29 is 4.52 Å². The predicted octanol–water partition coefficient (Wildman–Crippen LogP) is 3.42. The number of aromatic nitrogens is 1. The smallest absolute Gasteiger partial charge is 0.194 e. The lowest BCUT2D eigenvalue weighted by molar-refractivity contribution is 0.169. The predicted molar refractivity (Wildman–Crippen MR) is 122 cm³/mol. The van der Waals surface area contributed by atoms with E-state index in [1.165, 1.54) is 4.88 Å². The summed E-state index contributed by atoms with van der Waals surface area (Å²) in [5, 5.41) is 9.61. The number of aliphatic imine (C=N–C) groups is 1. The van der Waals surface area contributed by atoms with Crippen molar-refractivity contribution in [1.29, 1.82) is 0 Å². The Morgan fingerprint density at radius 2 is 2.07 bits per heavy atom. The summed E-state index contributed by atoms with van der Waals surface area (Å²) in [7, 11) is 0. The van der Waals surface area contributed by atoms with Crippen LogP contribution in [0.25, 0.3) is 0 Å². The molecule has 8 heteroatoms. The molecule has 150 valence electrons. The number of halogens is 1. The summed E-state index contributed by atoms with van der Waals surface area (Å²) < 4.78 is 4.93. The average molecular weight is 503 g/mol. The molecule has 1 N–H and O–H groups in total. The number of hydrogen-bond donors (Lipinski definition) is 1. The van der Waals surface area contributed by atoms with Gasteiger partial charge in [-0.15, -0.1) is 35.3 Å². The van der Waals surface area contributed by atoms with Crippen LogP contribution in [0.2, 0.25) is 0 Å². The second-order valence-corrected chi connectivity index (χ2v) is 8.23. The van der Waals surface area contributed by atoms with Gasteiger partial charge in [-0.3, -0.25) is 9.89 Å². The first-order valence-corrected chi connectivity index (χ1v) is 10.2. The van der Waals surface area contributed by atoms with Gasteiger partial charge in [0.2, 0.25) is 0 Å². The van der Waals surface area contributed by atoms with Gasteiger partial charge in [0.1, 0.15) is 6.26 Å². The number of rotatable bonds is 6. The van der Waals surface area contributed by atoms with Gasteiger partial charge in [0.25, 0.3) is 0 Å². The molecule has 0 atom stereocenters. The molecule has 6 nitrogen and oxygen atoms in total. The van der Waals surface area contributed by atoms with Gasteiger partial charge >= 0.3 is 0 Å². The Balaban J connectivity index is 0.00000261. The van der Waals surface area contributed by atoms with Crippen LogP contribution >= 0.6 is 35.3 Å². The first-order valence-electron chi connectivity index (χ1n) is 9.27. The molecule has 2 aromatic rings. The average Bonchev–Trinajstić information content (AvgIpc) is 3.33. The summed E-state index contributed by atoms with van der Waals surface area (Å²) in [6, 6.07) is 6.26. The van der Waals surface area contributed by atoms with E-state index in [-0.39, 0.29) is 29.4 Å². The zero-order valence-electron chi connectivity index (χ0n) is 16.4. The van der Waals surface area contributed by atoms with E-state index in [1.807, 2.05) is 17.4 Å². The summed E-state index contributed by atoms with van der Waals surface area (Å²) in [6.45, 7) is 13.1. The number of guanidine groups is 1. The Morgan fingerprint density at radius 3 is 2.67 bits per heavy atom. The molecular formula is C19H30IN5OS. The molecule has 1 aliphatic heterocycles. The van der Waals surface area contributed by atoms with Crippen LogP contribution in [0.1, 0.15) is 31.3 Å². The van der Waals surface area contributed by atoms with E-state index in [0.717, 1.165) is 57.5 Å². The molecule has 27 heavy (non-hydrogen) atoms. The molecule has 0 spiro atoms. The topological polar surface area (TPSA) is 56.9 Å². The van der Waals surface area contributed by atoms with E-state index >= 15 is 0 Å². The third-order valence-corrected chi connectivity index (χ3v) is 5.93. The van der Waals surface area contributed by atoms with Crippen LogP contribution in [0.15, 0.2) is 39.4 Å². The maximum atomic E-state index is 4.96. The van der Waals surface area contributed by atoms with E-state index in [1.54, 1.807) is 6.26 Å². The summed E-state index contributed by atoms with van der Waals surface area (Å²) in [5.74, 6) is 1.03. The molecule has 0 aromatic carbocycles. The van der Waals surface area contributed by atoms with Gasteiger partial charge in [-0.05, 0) is 18.4 Å². The van der Waals surface area contributed by atoms with Crippen LogP contribution in [-0.4, -0.2) is 60.2 Å². The summed E-state index contributed by atoms with van der Waals surface area (Å²) in [4.78, 5) is 11.1. The van der Waals surface area contributed by atoms with Crippen LogP contribution in [0.3, 0.4) is 0 Å². The zero-order valence-corrected chi connectivity index (χ0v) is 19.5. The minimum Gasteiger partial charge on any atom is -0.364 e. The van der Waals surface area contributed by atoms with Crippen LogP contribution in [0.5, 0.6) is 0 Å². The van der Waals surface area contributed by atoms with Crippen LogP contribution in [0.4, 0.5) is 0 Å². The standard InChI is InChI=1S/C19H29N5OS.HI/c1-4-20-18(21-15-19(2,3)17-6-5-13-26-17)24-10-8-23(9-11-24)14-16-7-12-25-22-16;/h5-7,12-13H,4,8-11,14-15H2,1-3H3,(H,20,21);1H. The van der Waals surface area contributed by atoms with Gasteiger partial charge in [-0.1, -0.05) is 25.1 Å². The SMILES string of the molecule is CCNC(=NCC(C)(C)c1cccs1)N1CCN(Cc2ccon2)CC1.I. The van der Waals surface area contributed by atoms with Crippen molar-refractivity contribution in [2.24, 2.45) is 4.99 Å². The first kappa shape index (κ1) is 22.2. The molecule has 3 rings (SSSR count). The Kier molecular flexibility index (Phi) is 8.56. The molecule has 0 bridgehead atoms. The van der Waals surface area contributed by atoms with Crippen LogP contribution in [0, 0.1) is 0 Å². The van der Waals surface area contributed by atoms with Gasteiger partial charge in [0.05, 0.1) is 12.2 Å². The number of thiophene rings is 1. The monoisotopic (exact) mass is 503 g/mol. The minimum atomic E-state index is 0. The van der Waals surface area contributed by atoms with E-state index < -0.39 is 0 Å². The van der Waals surface area contributed by atoms with E-state index in [2.05, 4.69) is 58.6 Å². The summed E-state index contributed by atoms with van der Waals surface area (Å²) in [5.41, 5.74) is 1.06. The van der Waals surface area contributed by atoms with E-state index in [9.17, 15) is 0 Å². The molecule has 1 saturated heterocycles. The highest BCUT2D eigenvalue weighted by Crippen LogP contribution is 2.27. The van der Waals surface area contributed by atoms with Crippen molar-refractivity contribution in [1.82, 2.24) is 20.3 Å². The summed E-state index contributed by atoms with van der Waals surface area (Å²) in [6.07, 6.45) is 1.64.